The summed E-state index contributed by atoms with van der Waals surface area (Å²) in [5, 5.41) is 11.6. The summed E-state index contributed by atoms with van der Waals surface area (Å²) in [6.45, 7) is 14.5. The molecule has 4 nitrogen and oxygen atoms in total. The Balaban J connectivity index is 0.00000441. The zero-order chi connectivity index (χ0) is 16.3. The van der Waals surface area contributed by atoms with Gasteiger partial charge >= 0.3 is 18.9 Å². The van der Waals surface area contributed by atoms with Crippen LogP contribution in [0.5, 0.6) is 0 Å². The maximum absolute atomic E-state index is 11.7. The molecule has 22 heavy (non-hydrogen) atoms. The zero-order valence-electron chi connectivity index (χ0n) is 15.7. The molecular weight excluding hydrogens is 291 g/mol. The molecule has 0 aromatic heterocycles. The number of unbranched alkanes of at least 4 members (excludes halogenated alkanes) is 1. The molecule has 0 aliphatic carbocycles. The Morgan fingerprint density at radius 2 is 1.82 bits per heavy atom. The minimum atomic E-state index is -1.80. The second kappa shape index (κ2) is 8.26. The Bertz CT molecular complexity index is 390. The molecular formula is C16H31LiO4Si. The van der Waals surface area contributed by atoms with Gasteiger partial charge in [-0.2, -0.15) is 0 Å². The van der Waals surface area contributed by atoms with Gasteiger partial charge in [0.2, 0.25) is 0 Å². The summed E-state index contributed by atoms with van der Waals surface area (Å²) < 4.78 is 16.0. The van der Waals surface area contributed by atoms with Crippen LogP contribution in [-0.4, -0.2) is 33.8 Å². The van der Waals surface area contributed by atoms with Crippen LogP contribution in [0.25, 0.3) is 0 Å². The SMILES string of the molecule is COCOCCCCC1([Si](C)(C)C(C)(C)C)OC([O-])=C1C.[Li+]. The molecule has 0 N–H and O–H groups in total. The average Bonchev–Trinajstić information content (AvgIpc) is 2.39. The summed E-state index contributed by atoms with van der Waals surface area (Å²) in [6, 6.07) is 0. The van der Waals surface area contributed by atoms with E-state index in [1.165, 1.54) is 0 Å². The van der Waals surface area contributed by atoms with Crippen molar-refractivity contribution >= 4 is 8.07 Å². The molecule has 0 spiro atoms. The number of ether oxygens (including phenoxy) is 3. The number of rotatable bonds is 8. The fourth-order valence-electron chi connectivity index (χ4n) is 2.90. The molecule has 0 bridgehead atoms. The predicted octanol–water partition coefficient (Wildman–Crippen LogP) is 0.190. The fraction of sp³-hybridized carbons (Fsp3) is 0.875. The topological polar surface area (TPSA) is 50.8 Å². The number of methoxy groups -OCH3 is 1. The number of hydrogen-bond donors (Lipinski definition) is 0. The number of hydrogen-bond acceptors (Lipinski definition) is 4. The summed E-state index contributed by atoms with van der Waals surface area (Å²) in [6.07, 6.45) is 2.88. The van der Waals surface area contributed by atoms with Crippen LogP contribution in [0, 0.1) is 0 Å². The maximum atomic E-state index is 11.7. The van der Waals surface area contributed by atoms with Gasteiger partial charge in [0, 0.05) is 18.9 Å². The average molecular weight is 322 g/mol. The molecule has 0 amide bonds. The molecule has 1 aliphatic rings. The molecule has 0 saturated heterocycles. The third-order valence-corrected chi connectivity index (χ3v) is 11.8. The Morgan fingerprint density at radius 3 is 2.23 bits per heavy atom. The first-order chi connectivity index (χ1) is 9.60. The third kappa shape index (κ3) is 4.13. The standard InChI is InChI=1S/C16H32O4Si.Li/c1-13-14(17)20-16(13,21(6,7)15(2,3)4)10-8-9-11-19-12-18-5;/h17H,8-12H2,1-7H3;/q;+1/p-1. The van der Waals surface area contributed by atoms with Gasteiger partial charge in [0.1, 0.15) is 6.79 Å². The smallest absolute Gasteiger partial charge is 0.605 e. The van der Waals surface area contributed by atoms with Crippen molar-refractivity contribution in [1.82, 2.24) is 0 Å². The fourth-order valence-corrected chi connectivity index (χ4v) is 6.30. The Hall–Kier alpha value is 0.0743. The molecule has 1 rings (SSSR count). The second-order valence-corrected chi connectivity index (χ2v) is 13.0. The van der Waals surface area contributed by atoms with E-state index in [1.807, 2.05) is 6.92 Å². The van der Waals surface area contributed by atoms with Gasteiger partial charge in [-0.15, -0.1) is 0 Å². The van der Waals surface area contributed by atoms with E-state index in [-0.39, 0.29) is 35.1 Å². The van der Waals surface area contributed by atoms with E-state index in [9.17, 15) is 5.11 Å². The first kappa shape index (κ1) is 22.1. The first-order valence-electron chi connectivity index (χ1n) is 7.74. The normalized spacial score (nSPS) is 22.0. The van der Waals surface area contributed by atoms with Gasteiger partial charge in [0.15, 0.2) is 0 Å². The molecule has 6 heteroatoms. The van der Waals surface area contributed by atoms with E-state index in [0.717, 1.165) is 24.8 Å². The first-order valence-corrected chi connectivity index (χ1v) is 10.7. The van der Waals surface area contributed by atoms with Crippen LogP contribution in [0.4, 0.5) is 0 Å². The molecule has 1 atom stereocenters. The third-order valence-electron chi connectivity index (χ3n) is 5.33. The second-order valence-electron chi connectivity index (χ2n) is 7.49. The largest absolute Gasteiger partial charge is 1.00 e. The minimum absolute atomic E-state index is 0. The van der Waals surface area contributed by atoms with Crippen LogP contribution in [-0.2, 0) is 14.2 Å². The Labute approximate surface area is 148 Å². The summed E-state index contributed by atoms with van der Waals surface area (Å²) in [5.41, 5.74) is 0.923. The predicted molar refractivity (Wildman–Crippen MR) is 85.4 cm³/mol. The van der Waals surface area contributed by atoms with E-state index in [2.05, 4.69) is 33.9 Å². The molecule has 1 aliphatic heterocycles. The van der Waals surface area contributed by atoms with E-state index in [0.29, 0.717) is 13.4 Å². The zero-order valence-corrected chi connectivity index (χ0v) is 16.7. The van der Waals surface area contributed by atoms with E-state index in [4.69, 9.17) is 14.2 Å². The van der Waals surface area contributed by atoms with E-state index < -0.39 is 8.07 Å². The molecule has 1 unspecified atom stereocenters. The molecule has 124 valence electrons. The van der Waals surface area contributed by atoms with Crippen molar-refractivity contribution in [3.8, 4) is 0 Å². The van der Waals surface area contributed by atoms with Crippen LogP contribution in [0.15, 0.2) is 11.5 Å². The van der Waals surface area contributed by atoms with Gasteiger partial charge in [-0.1, -0.05) is 33.9 Å². The maximum Gasteiger partial charge on any atom is 1.00 e. The molecule has 0 saturated carbocycles. The van der Waals surface area contributed by atoms with Crippen LogP contribution in [0.3, 0.4) is 0 Å². The molecule has 0 radical (unpaired) electrons. The van der Waals surface area contributed by atoms with Gasteiger partial charge in [0.25, 0.3) is 0 Å². The molecule has 1 heterocycles. The van der Waals surface area contributed by atoms with Crippen molar-refractivity contribution in [2.24, 2.45) is 0 Å². The Morgan fingerprint density at radius 1 is 1.23 bits per heavy atom. The van der Waals surface area contributed by atoms with Crippen molar-refractivity contribution in [2.75, 3.05) is 20.5 Å². The molecule has 0 fully saturated rings. The summed E-state index contributed by atoms with van der Waals surface area (Å²) in [4.78, 5) is 0. The molecule has 0 aromatic rings. The van der Waals surface area contributed by atoms with Gasteiger partial charge in [-0.3, -0.25) is 0 Å². The van der Waals surface area contributed by atoms with Crippen molar-refractivity contribution in [1.29, 1.82) is 0 Å². The van der Waals surface area contributed by atoms with Gasteiger partial charge < -0.3 is 19.3 Å². The summed E-state index contributed by atoms with van der Waals surface area (Å²) in [5.74, 6) is -0.115. The van der Waals surface area contributed by atoms with Crippen molar-refractivity contribution < 1.29 is 38.2 Å². The van der Waals surface area contributed by atoms with Crippen LogP contribution in [0.2, 0.25) is 18.1 Å². The van der Waals surface area contributed by atoms with E-state index >= 15 is 0 Å². The Kier molecular flexibility index (Phi) is 8.28. The van der Waals surface area contributed by atoms with Gasteiger partial charge in [0.05, 0.1) is 14.0 Å². The molecule has 0 aromatic carbocycles. The van der Waals surface area contributed by atoms with Crippen LogP contribution < -0.4 is 24.0 Å². The summed E-state index contributed by atoms with van der Waals surface area (Å²) >= 11 is 0. The quantitative estimate of drug-likeness (QED) is 0.364. The van der Waals surface area contributed by atoms with E-state index in [1.54, 1.807) is 7.11 Å². The monoisotopic (exact) mass is 322 g/mol. The van der Waals surface area contributed by atoms with Crippen molar-refractivity contribution in [3.63, 3.8) is 0 Å². The summed E-state index contributed by atoms with van der Waals surface area (Å²) in [7, 11) is -0.174. The minimum Gasteiger partial charge on any atom is -0.605 e. The van der Waals surface area contributed by atoms with Crippen molar-refractivity contribution in [2.45, 2.75) is 70.3 Å². The van der Waals surface area contributed by atoms with Gasteiger partial charge in [-0.25, -0.2) is 0 Å². The van der Waals surface area contributed by atoms with Crippen LogP contribution in [0.1, 0.15) is 47.0 Å². The van der Waals surface area contributed by atoms with Gasteiger partial charge in [-0.05, 0) is 36.8 Å². The van der Waals surface area contributed by atoms with Crippen molar-refractivity contribution in [3.05, 3.63) is 11.5 Å². The van der Waals surface area contributed by atoms with Crippen LogP contribution >= 0.6 is 0 Å².